The fourth-order valence-electron chi connectivity index (χ4n) is 2.80. The first-order valence-electron chi connectivity index (χ1n) is 9.24. The first kappa shape index (κ1) is 19.9. The lowest BCUT2D eigenvalue weighted by molar-refractivity contribution is 0.278. The lowest BCUT2D eigenvalue weighted by atomic mass is 10.0. The van der Waals surface area contributed by atoms with Crippen molar-refractivity contribution < 1.29 is 0 Å². The van der Waals surface area contributed by atoms with Crippen LogP contribution in [0.5, 0.6) is 0 Å². The van der Waals surface area contributed by atoms with Crippen molar-refractivity contribution in [2.75, 3.05) is 26.2 Å². The van der Waals surface area contributed by atoms with Gasteiger partial charge in [-0.1, -0.05) is 66.2 Å². The van der Waals surface area contributed by atoms with Gasteiger partial charge in [-0.25, -0.2) is 0 Å². The zero-order valence-electron chi connectivity index (χ0n) is 14.7. The van der Waals surface area contributed by atoms with Gasteiger partial charge in [0.15, 0.2) is 0 Å². The highest BCUT2D eigenvalue weighted by Crippen LogP contribution is 2.10. The van der Waals surface area contributed by atoms with E-state index in [0.29, 0.717) is 0 Å². The summed E-state index contributed by atoms with van der Waals surface area (Å²) in [6.45, 7) is 13.9. The van der Waals surface area contributed by atoms with Crippen LogP contribution in [-0.4, -0.2) is 37.1 Å². The van der Waals surface area contributed by atoms with Gasteiger partial charge in [-0.2, -0.15) is 0 Å². The Morgan fingerprint density at radius 1 is 0.750 bits per heavy atom. The zero-order chi connectivity index (χ0) is 15.1. The van der Waals surface area contributed by atoms with Crippen molar-refractivity contribution in [2.45, 2.75) is 91.5 Å². The monoisotopic (exact) mass is 284 g/mol. The van der Waals surface area contributed by atoms with Gasteiger partial charge in [-0.3, -0.25) is 0 Å². The van der Waals surface area contributed by atoms with E-state index in [1.165, 1.54) is 77.4 Å². The third-order valence-electron chi connectivity index (χ3n) is 4.16. The summed E-state index contributed by atoms with van der Waals surface area (Å²) in [5.41, 5.74) is 0. The molecule has 0 heterocycles. The van der Waals surface area contributed by atoms with Gasteiger partial charge in [-0.15, -0.1) is 0 Å². The van der Waals surface area contributed by atoms with Gasteiger partial charge < -0.3 is 10.2 Å². The van der Waals surface area contributed by atoms with Gasteiger partial charge in [0.2, 0.25) is 0 Å². The summed E-state index contributed by atoms with van der Waals surface area (Å²) >= 11 is 0. The number of nitrogens with zero attached hydrogens (tertiary/aromatic N) is 1. The second kappa shape index (κ2) is 15.3. The predicted molar refractivity (Wildman–Crippen MR) is 92.5 cm³/mol. The molecule has 0 atom stereocenters. The van der Waals surface area contributed by atoms with E-state index in [9.17, 15) is 0 Å². The maximum atomic E-state index is 3.82. The van der Waals surface area contributed by atoms with E-state index in [1.807, 2.05) is 0 Å². The highest BCUT2D eigenvalue weighted by molar-refractivity contribution is 4.68. The minimum absolute atomic E-state index is 0.758. The van der Waals surface area contributed by atoms with Crippen molar-refractivity contribution in [3.63, 3.8) is 0 Å². The number of rotatable bonds is 15. The highest BCUT2D eigenvalue weighted by atomic mass is 15.1. The Hall–Kier alpha value is -0.0800. The molecule has 0 aliphatic carbocycles. The Balaban J connectivity index is 3.86. The summed E-state index contributed by atoms with van der Waals surface area (Å²) in [7, 11) is 0. The first-order chi connectivity index (χ1) is 9.78. The van der Waals surface area contributed by atoms with Crippen molar-refractivity contribution >= 4 is 0 Å². The lowest BCUT2D eigenvalue weighted by Crippen LogP contribution is -2.37. The van der Waals surface area contributed by atoms with E-state index in [-0.39, 0.29) is 0 Å². The average Bonchev–Trinajstić information content (AvgIpc) is 2.46. The molecule has 0 saturated heterocycles. The van der Waals surface area contributed by atoms with Crippen molar-refractivity contribution in [2.24, 2.45) is 0 Å². The maximum absolute atomic E-state index is 3.82. The Kier molecular flexibility index (Phi) is 15.3. The van der Waals surface area contributed by atoms with Crippen LogP contribution in [0.25, 0.3) is 0 Å². The summed E-state index contributed by atoms with van der Waals surface area (Å²) in [5.74, 6) is 0. The van der Waals surface area contributed by atoms with Gasteiger partial charge in [0.25, 0.3) is 0 Å². The molecule has 0 rings (SSSR count). The fourth-order valence-corrected chi connectivity index (χ4v) is 2.80. The SMILES string of the molecule is CCCCCC(CCCCC)NCCN(CC)CCC. The minimum Gasteiger partial charge on any atom is -0.313 e. The van der Waals surface area contributed by atoms with Crippen molar-refractivity contribution in [3.05, 3.63) is 0 Å². The predicted octanol–water partition coefficient (Wildman–Crippen LogP) is 4.84. The molecule has 20 heavy (non-hydrogen) atoms. The van der Waals surface area contributed by atoms with E-state index in [1.54, 1.807) is 0 Å². The molecule has 0 aliphatic heterocycles. The molecule has 0 aromatic carbocycles. The molecule has 0 amide bonds. The van der Waals surface area contributed by atoms with Gasteiger partial charge in [0.05, 0.1) is 0 Å². The summed E-state index contributed by atoms with van der Waals surface area (Å²) in [6.07, 6.45) is 12.3. The van der Waals surface area contributed by atoms with Gasteiger partial charge >= 0.3 is 0 Å². The Morgan fingerprint density at radius 2 is 1.35 bits per heavy atom. The van der Waals surface area contributed by atoms with Crippen LogP contribution in [0.2, 0.25) is 0 Å². The lowest BCUT2D eigenvalue weighted by Gasteiger charge is -2.23. The number of hydrogen-bond acceptors (Lipinski definition) is 2. The van der Waals surface area contributed by atoms with Gasteiger partial charge in [-0.05, 0) is 32.4 Å². The molecule has 0 aromatic rings. The molecule has 0 spiro atoms. The number of nitrogens with one attached hydrogen (secondary N) is 1. The van der Waals surface area contributed by atoms with Crippen LogP contribution >= 0.6 is 0 Å². The molecular formula is C18H40N2. The highest BCUT2D eigenvalue weighted by Gasteiger charge is 2.08. The van der Waals surface area contributed by atoms with E-state index < -0.39 is 0 Å². The van der Waals surface area contributed by atoms with Crippen molar-refractivity contribution in [1.29, 1.82) is 0 Å². The maximum Gasteiger partial charge on any atom is 0.0107 e. The van der Waals surface area contributed by atoms with Gasteiger partial charge in [0.1, 0.15) is 0 Å². The molecule has 2 heteroatoms. The molecule has 0 aliphatic rings. The normalized spacial score (nSPS) is 11.7. The van der Waals surface area contributed by atoms with Gasteiger partial charge in [0, 0.05) is 19.1 Å². The molecule has 0 bridgehead atoms. The second-order valence-corrected chi connectivity index (χ2v) is 6.08. The van der Waals surface area contributed by atoms with Crippen LogP contribution in [0, 0.1) is 0 Å². The molecule has 1 N–H and O–H groups in total. The molecular weight excluding hydrogens is 244 g/mol. The molecule has 0 fully saturated rings. The Morgan fingerprint density at radius 3 is 1.80 bits per heavy atom. The smallest absolute Gasteiger partial charge is 0.0107 e. The van der Waals surface area contributed by atoms with E-state index >= 15 is 0 Å². The van der Waals surface area contributed by atoms with E-state index in [2.05, 4.69) is 37.9 Å². The third kappa shape index (κ3) is 11.7. The Bertz CT molecular complexity index is 172. The Labute approximate surface area is 128 Å². The molecule has 0 saturated carbocycles. The van der Waals surface area contributed by atoms with Crippen molar-refractivity contribution in [3.8, 4) is 0 Å². The van der Waals surface area contributed by atoms with E-state index in [0.717, 1.165) is 12.6 Å². The van der Waals surface area contributed by atoms with Crippen LogP contribution in [0.4, 0.5) is 0 Å². The van der Waals surface area contributed by atoms with Crippen LogP contribution in [0.3, 0.4) is 0 Å². The topological polar surface area (TPSA) is 15.3 Å². The summed E-state index contributed by atoms with van der Waals surface area (Å²) in [5, 5.41) is 3.82. The summed E-state index contributed by atoms with van der Waals surface area (Å²) < 4.78 is 0. The van der Waals surface area contributed by atoms with E-state index in [4.69, 9.17) is 0 Å². The fraction of sp³-hybridized carbons (Fsp3) is 1.00. The second-order valence-electron chi connectivity index (χ2n) is 6.08. The summed E-state index contributed by atoms with van der Waals surface area (Å²) in [6, 6.07) is 0.758. The standard InChI is InChI=1S/C18H40N2/c1-5-9-11-13-18(14-12-10-6-2)19-15-17-20(8-4)16-7-3/h18-19H,5-17H2,1-4H3. The van der Waals surface area contributed by atoms with Crippen LogP contribution < -0.4 is 5.32 Å². The molecule has 122 valence electrons. The largest absolute Gasteiger partial charge is 0.313 e. The average molecular weight is 285 g/mol. The molecule has 0 unspecified atom stereocenters. The van der Waals surface area contributed by atoms with Crippen LogP contribution in [0.1, 0.15) is 85.5 Å². The summed E-state index contributed by atoms with van der Waals surface area (Å²) in [4.78, 5) is 2.56. The molecule has 2 nitrogen and oxygen atoms in total. The zero-order valence-corrected chi connectivity index (χ0v) is 14.7. The first-order valence-corrected chi connectivity index (χ1v) is 9.24. The molecule has 0 radical (unpaired) electrons. The molecule has 0 aromatic heterocycles. The van der Waals surface area contributed by atoms with Crippen LogP contribution in [0.15, 0.2) is 0 Å². The quantitative estimate of drug-likeness (QED) is 0.433. The number of likely N-dealkylation sites (N-methyl/N-ethyl adjacent to an activating group) is 1. The van der Waals surface area contributed by atoms with Crippen molar-refractivity contribution in [1.82, 2.24) is 10.2 Å². The number of hydrogen-bond donors (Lipinski definition) is 1. The van der Waals surface area contributed by atoms with Crippen LogP contribution in [-0.2, 0) is 0 Å². The minimum atomic E-state index is 0.758. The number of unbranched alkanes of at least 4 members (excludes halogenated alkanes) is 4. The third-order valence-corrected chi connectivity index (χ3v) is 4.16.